The van der Waals surface area contributed by atoms with Crippen LogP contribution in [0.5, 0.6) is 0 Å². The van der Waals surface area contributed by atoms with Crippen LogP contribution in [0.2, 0.25) is 5.02 Å². The fourth-order valence-corrected chi connectivity index (χ4v) is 5.22. The highest BCUT2D eigenvalue weighted by molar-refractivity contribution is 8.16. The predicted octanol–water partition coefficient (Wildman–Crippen LogP) is 5.27. The molecule has 2 atom stereocenters. The van der Waals surface area contributed by atoms with E-state index in [1.54, 1.807) is 19.0 Å². The molecule has 6 nitrogen and oxygen atoms in total. The highest BCUT2D eigenvalue weighted by Gasteiger charge is 2.40. The number of allylic oxidation sites excluding steroid dienone is 1. The van der Waals surface area contributed by atoms with Crippen molar-refractivity contribution in [3.05, 3.63) is 93.1 Å². The number of carbonyl (C=O) groups is 2. The zero-order valence-corrected chi connectivity index (χ0v) is 21.2. The molecule has 2 heterocycles. The summed E-state index contributed by atoms with van der Waals surface area (Å²) in [4.78, 5) is 34.5. The van der Waals surface area contributed by atoms with Crippen LogP contribution < -0.4 is 5.32 Å². The Labute approximate surface area is 209 Å². The first kappa shape index (κ1) is 24.1. The van der Waals surface area contributed by atoms with Gasteiger partial charge in [0, 0.05) is 24.8 Å². The summed E-state index contributed by atoms with van der Waals surface area (Å²) in [7, 11) is 3.46. The number of nitrogens with zero attached hydrogens (tertiary/aromatic N) is 3. The minimum atomic E-state index is -0.403. The number of hydrogen-bond acceptors (Lipinski definition) is 5. The van der Waals surface area contributed by atoms with Gasteiger partial charge in [-0.25, -0.2) is 4.99 Å². The maximum absolute atomic E-state index is 13.2. The molecule has 2 aliphatic rings. The third-order valence-corrected chi connectivity index (χ3v) is 6.98. The van der Waals surface area contributed by atoms with E-state index in [2.05, 4.69) is 5.32 Å². The smallest absolute Gasteiger partial charge is 0.253 e. The summed E-state index contributed by atoms with van der Waals surface area (Å²) in [6.45, 7) is 3.83. The fourth-order valence-electron chi connectivity index (χ4n) is 4.13. The van der Waals surface area contributed by atoms with Crippen LogP contribution in [-0.2, 0) is 9.59 Å². The quantitative estimate of drug-likeness (QED) is 0.594. The molecule has 0 unspecified atom stereocenters. The van der Waals surface area contributed by atoms with Gasteiger partial charge in [-0.2, -0.15) is 0 Å². The van der Waals surface area contributed by atoms with E-state index in [9.17, 15) is 9.59 Å². The molecule has 0 saturated carbocycles. The summed E-state index contributed by atoms with van der Waals surface area (Å²) in [5.74, 6) is -0.204. The van der Waals surface area contributed by atoms with E-state index in [4.69, 9.17) is 16.6 Å². The third kappa shape index (κ3) is 4.91. The monoisotopic (exact) mass is 494 g/mol. The molecule has 2 aromatic rings. The average Bonchev–Trinajstić information content (AvgIpc) is 3.20. The number of amides is 2. The Bertz CT molecular complexity index is 1190. The van der Waals surface area contributed by atoms with Crippen LogP contribution in [0.3, 0.4) is 0 Å². The number of hydrogen-bond donors (Lipinski definition) is 1. The van der Waals surface area contributed by atoms with Crippen molar-refractivity contribution in [3.63, 3.8) is 0 Å². The second-order valence-corrected chi connectivity index (χ2v) is 9.79. The van der Waals surface area contributed by atoms with Gasteiger partial charge in [0.15, 0.2) is 5.17 Å². The number of rotatable bonds is 6. The molecular weight excluding hydrogens is 468 g/mol. The van der Waals surface area contributed by atoms with E-state index >= 15 is 0 Å². The maximum Gasteiger partial charge on any atom is 0.253 e. The highest BCUT2D eigenvalue weighted by atomic mass is 35.5. The summed E-state index contributed by atoms with van der Waals surface area (Å²) < 4.78 is 0. The van der Waals surface area contributed by atoms with E-state index in [1.165, 1.54) is 11.8 Å². The van der Waals surface area contributed by atoms with Gasteiger partial charge in [0.25, 0.3) is 5.91 Å². The first-order chi connectivity index (χ1) is 16.3. The molecule has 0 radical (unpaired) electrons. The standard InChI is InChI=1S/C26H27ClN4O2S/c1-16(18-8-6-5-7-9-18)28-22(32)14-21-15-34-26-29-17(2)23(25(33)30(3)4)24(31(21)26)19-10-12-20(27)13-11-19/h5-13,15-16,24H,14H2,1-4H3,(H,28,32)/t16-,24+/m1/s1. The lowest BCUT2D eigenvalue weighted by Gasteiger charge is -2.37. The predicted molar refractivity (Wildman–Crippen MR) is 138 cm³/mol. The molecule has 2 aromatic carbocycles. The number of carbonyl (C=O) groups excluding carboxylic acids is 2. The van der Waals surface area contributed by atoms with Crippen LogP contribution in [0.25, 0.3) is 0 Å². The Balaban J connectivity index is 1.63. The van der Waals surface area contributed by atoms with E-state index in [1.807, 2.05) is 78.8 Å². The minimum Gasteiger partial charge on any atom is -0.349 e. The first-order valence-electron chi connectivity index (χ1n) is 11.0. The molecule has 0 aliphatic carbocycles. The SMILES string of the molecule is CC1=C(C(=O)N(C)C)[C@H](c2ccc(Cl)cc2)N2C(CC(=O)N[C@H](C)c3ccccc3)=CSC2=N1. The van der Waals surface area contributed by atoms with E-state index < -0.39 is 6.04 Å². The molecule has 34 heavy (non-hydrogen) atoms. The second-order valence-electron chi connectivity index (χ2n) is 8.52. The van der Waals surface area contributed by atoms with Gasteiger partial charge in [-0.1, -0.05) is 65.8 Å². The summed E-state index contributed by atoms with van der Waals surface area (Å²) in [6, 6.07) is 16.8. The molecule has 4 rings (SSSR count). The molecule has 0 aromatic heterocycles. The molecule has 2 amide bonds. The first-order valence-corrected chi connectivity index (χ1v) is 12.3. The van der Waals surface area contributed by atoms with Crippen molar-refractivity contribution in [1.82, 2.24) is 15.1 Å². The summed E-state index contributed by atoms with van der Waals surface area (Å²) in [5, 5.41) is 6.41. The normalized spacial score (nSPS) is 18.1. The molecule has 0 saturated heterocycles. The largest absolute Gasteiger partial charge is 0.349 e. The maximum atomic E-state index is 13.2. The van der Waals surface area contributed by atoms with Gasteiger partial charge in [-0.05, 0) is 42.5 Å². The second kappa shape index (κ2) is 10.1. The molecular formula is C26H27ClN4O2S. The van der Waals surface area contributed by atoms with Crippen LogP contribution in [0, 0.1) is 0 Å². The van der Waals surface area contributed by atoms with Crippen LogP contribution in [0.1, 0.15) is 43.5 Å². The average molecular weight is 495 g/mol. The lowest BCUT2D eigenvalue weighted by atomic mass is 9.93. The number of aliphatic imine (C=N–C) groups is 1. The van der Waals surface area contributed by atoms with E-state index in [0.29, 0.717) is 16.3 Å². The number of likely N-dealkylation sites (N-methyl/N-ethyl adjacent to an activating group) is 1. The van der Waals surface area contributed by atoms with Gasteiger partial charge >= 0.3 is 0 Å². The summed E-state index contributed by atoms with van der Waals surface area (Å²) in [6.07, 6.45) is 0.176. The van der Waals surface area contributed by atoms with Gasteiger partial charge in [0.1, 0.15) is 0 Å². The highest BCUT2D eigenvalue weighted by Crippen LogP contribution is 2.45. The molecule has 2 aliphatic heterocycles. The zero-order chi connectivity index (χ0) is 24.4. The lowest BCUT2D eigenvalue weighted by Crippen LogP contribution is -2.40. The van der Waals surface area contributed by atoms with Gasteiger partial charge in [0.05, 0.1) is 29.8 Å². The van der Waals surface area contributed by atoms with Crippen molar-refractivity contribution < 1.29 is 9.59 Å². The fraction of sp³-hybridized carbons (Fsp3) is 0.269. The Morgan fingerprint density at radius 2 is 1.82 bits per heavy atom. The van der Waals surface area contributed by atoms with Crippen molar-refractivity contribution >= 4 is 40.3 Å². The summed E-state index contributed by atoms with van der Waals surface area (Å²) >= 11 is 7.61. The Hall–Kier alpha value is -3.03. The molecule has 8 heteroatoms. The van der Waals surface area contributed by atoms with E-state index in [0.717, 1.165) is 22.0 Å². The van der Waals surface area contributed by atoms with Crippen LogP contribution in [0.15, 0.2) is 82.0 Å². The van der Waals surface area contributed by atoms with Crippen molar-refractivity contribution in [1.29, 1.82) is 0 Å². The van der Waals surface area contributed by atoms with Gasteiger partial charge < -0.3 is 15.1 Å². The van der Waals surface area contributed by atoms with Crippen LogP contribution in [0.4, 0.5) is 0 Å². The topological polar surface area (TPSA) is 65.0 Å². The molecule has 1 N–H and O–H groups in total. The van der Waals surface area contributed by atoms with Gasteiger partial charge in [-0.15, -0.1) is 0 Å². The van der Waals surface area contributed by atoms with Crippen molar-refractivity contribution in [3.8, 4) is 0 Å². The summed E-state index contributed by atoms with van der Waals surface area (Å²) in [5.41, 5.74) is 4.02. The number of fused-ring (bicyclic) bond motifs is 1. The van der Waals surface area contributed by atoms with E-state index in [-0.39, 0.29) is 24.3 Å². The number of thioether (sulfide) groups is 1. The van der Waals surface area contributed by atoms with Gasteiger partial charge in [-0.3, -0.25) is 9.59 Å². The third-order valence-electron chi connectivity index (χ3n) is 5.84. The molecule has 0 fully saturated rings. The van der Waals surface area contributed by atoms with Crippen molar-refractivity contribution in [2.45, 2.75) is 32.4 Å². The number of halogens is 1. The Kier molecular flexibility index (Phi) is 7.14. The van der Waals surface area contributed by atoms with Crippen molar-refractivity contribution in [2.24, 2.45) is 4.99 Å². The van der Waals surface area contributed by atoms with Crippen molar-refractivity contribution in [2.75, 3.05) is 14.1 Å². The molecule has 176 valence electrons. The van der Waals surface area contributed by atoms with Crippen LogP contribution in [-0.4, -0.2) is 40.9 Å². The minimum absolute atomic E-state index is 0.0916. The van der Waals surface area contributed by atoms with Gasteiger partial charge in [0.2, 0.25) is 5.91 Å². The van der Waals surface area contributed by atoms with Crippen LogP contribution >= 0.6 is 23.4 Å². The zero-order valence-electron chi connectivity index (χ0n) is 19.6. The molecule has 0 bridgehead atoms. The number of amidine groups is 1. The molecule has 0 spiro atoms. The Morgan fingerprint density at radius 1 is 1.15 bits per heavy atom. The lowest BCUT2D eigenvalue weighted by molar-refractivity contribution is -0.125. The Morgan fingerprint density at radius 3 is 2.47 bits per heavy atom. The number of benzene rings is 2. The number of nitrogens with one attached hydrogen (secondary N) is 1.